The first kappa shape index (κ1) is 43.9. The number of esters is 2. The third-order valence-electron chi connectivity index (χ3n) is 12.1. The maximum atomic E-state index is 12.9. The number of nitrogens with zero attached hydrogens (tertiary/aromatic N) is 6. The zero-order valence-electron chi connectivity index (χ0n) is 35.5. The van der Waals surface area contributed by atoms with E-state index in [9.17, 15) is 20.1 Å². The summed E-state index contributed by atoms with van der Waals surface area (Å²) >= 11 is 0. The lowest BCUT2D eigenvalue weighted by molar-refractivity contribution is -0.141. The fourth-order valence-electron chi connectivity index (χ4n) is 8.57. The molecule has 0 atom stereocenters. The molecule has 0 aromatic heterocycles. The van der Waals surface area contributed by atoms with E-state index in [0.717, 1.165) is 101 Å². The van der Waals surface area contributed by atoms with Crippen molar-refractivity contribution >= 4 is 35.0 Å². The molecule has 2 aliphatic carbocycles. The van der Waals surface area contributed by atoms with Crippen LogP contribution in [-0.2, 0) is 19.1 Å². The standard InChI is InChI=1S/2C24H29N5O2/c25-15-20(24(30)31-17-18-7-3-1-4-8-18)22-23(29-13-11-26-12-14-29)27-16-21(28-22)19-9-5-2-6-10-19;25-15-20(24(30)31-17-18-7-3-1-4-8-18)22-23(29-13-11-26-12-14-29)28-21(16-27-22)19-9-5-2-6-10-19/h2,5-6,9-10,16,18,26,28H,1,3-4,7-8,11-14,17H2;2,5-6,9-10,16,18,26-27H,1,3-4,7-8,11-14,17H2/b2*22-20-. The number of nitrogens with one attached hydrogen (secondary N) is 4. The molecule has 4 fully saturated rings. The fourth-order valence-corrected chi connectivity index (χ4v) is 8.57. The minimum Gasteiger partial charge on any atom is -0.461 e. The second-order valence-electron chi connectivity index (χ2n) is 16.4. The number of aliphatic imine (C=N–C) groups is 2. The van der Waals surface area contributed by atoms with Gasteiger partial charge in [-0.05, 0) is 43.1 Å². The smallest absolute Gasteiger partial charge is 0.351 e. The first-order chi connectivity index (χ1) is 30.5. The summed E-state index contributed by atoms with van der Waals surface area (Å²) < 4.78 is 11.2. The molecule has 0 amide bonds. The van der Waals surface area contributed by atoms with E-state index in [1.165, 1.54) is 38.5 Å². The van der Waals surface area contributed by atoms with Crippen LogP contribution in [0.5, 0.6) is 0 Å². The van der Waals surface area contributed by atoms with Crippen LogP contribution in [0.3, 0.4) is 0 Å². The molecule has 324 valence electrons. The second-order valence-corrected chi connectivity index (χ2v) is 16.4. The van der Waals surface area contributed by atoms with Crippen molar-refractivity contribution in [2.75, 3.05) is 65.6 Å². The van der Waals surface area contributed by atoms with Crippen molar-refractivity contribution in [1.82, 2.24) is 31.1 Å². The van der Waals surface area contributed by atoms with Gasteiger partial charge in [0.05, 0.1) is 30.8 Å². The lowest BCUT2D eigenvalue weighted by Gasteiger charge is -2.33. The quantitative estimate of drug-likeness (QED) is 0.148. The number of benzene rings is 2. The Morgan fingerprint density at radius 2 is 1.13 bits per heavy atom. The van der Waals surface area contributed by atoms with Crippen molar-refractivity contribution in [1.29, 1.82) is 10.5 Å². The highest BCUT2D eigenvalue weighted by molar-refractivity contribution is 6.10. The highest BCUT2D eigenvalue weighted by atomic mass is 16.5. The molecule has 14 heteroatoms. The number of hydrogen-bond donors (Lipinski definition) is 4. The van der Waals surface area contributed by atoms with Crippen molar-refractivity contribution in [3.63, 3.8) is 0 Å². The van der Waals surface area contributed by atoms with Gasteiger partial charge in [0.25, 0.3) is 0 Å². The lowest BCUT2D eigenvalue weighted by atomic mass is 9.90. The molecule has 0 unspecified atom stereocenters. The number of carbonyl (C=O) groups is 2. The van der Waals surface area contributed by atoms with E-state index in [-0.39, 0.29) is 11.1 Å². The molecule has 2 aromatic rings. The van der Waals surface area contributed by atoms with Gasteiger partial charge in [-0.25, -0.2) is 19.6 Å². The van der Waals surface area contributed by atoms with Crippen LogP contribution in [0.15, 0.2) is 106 Å². The normalized spacial score (nSPS) is 21.3. The van der Waals surface area contributed by atoms with Crippen LogP contribution < -0.4 is 21.3 Å². The van der Waals surface area contributed by atoms with E-state index in [0.29, 0.717) is 48.1 Å². The van der Waals surface area contributed by atoms with Crippen molar-refractivity contribution in [2.24, 2.45) is 21.8 Å². The number of rotatable bonds is 8. The predicted octanol–water partition coefficient (Wildman–Crippen LogP) is 5.59. The molecule has 0 radical (unpaired) electrons. The van der Waals surface area contributed by atoms with E-state index < -0.39 is 11.9 Å². The Balaban J connectivity index is 0.000000186. The predicted molar refractivity (Wildman–Crippen MR) is 239 cm³/mol. The molecular formula is C48H58N10O4. The maximum absolute atomic E-state index is 12.9. The Bertz CT molecular complexity index is 2140. The Kier molecular flexibility index (Phi) is 16.0. The van der Waals surface area contributed by atoms with Crippen LogP contribution >= 0.6 is 0 Å². The van der Waals surface area contributed by atoms with E-state index >= 15 is 0 Å². The van der Waals surface area contributed by atoms with Gasteiger partial charge in [-0.3, -0.25) is 0 Å². The van der Waals surface area contributed by atoms with Gasteiger partial charge in [0.1, 0.15) is 23.5 Å². The number of nitriles is 2. The van der Waals surface area contributed by atoms with Gasteiger partial charge in [0, 0.05) is 64.1 Å². The fraction of sp³-hybridized carbons (Fsp3) is 0.458. The van der Waals surface area contributed by atoms with Gasteiger partial charge in [-0.2, -0.15) is 10.5 Å². The van der Waals surface area contributed by atoms with Crippen molar-refractivity contribution in [2.45, 2.75) is 64.2 Å². The monoisotopic (exact) mass is 838 g/mol. The second kappa shape index (κ2) is 22.6. The number of amidine groups is 2. The van der Waals surface area contributed by atoms with Crippen LogP contribution in [0.2, 0.25) is 0 Å². The van der Waals surface area contributed by atoms with Crippen molar-refractivity contribution in [3.8, 4) is 12.1 Å². The highest BCUT2D eigenvalue weighted by Crippen LogP contribution is 2.28. The summed E-state index contributed by atoms with van der Waals surface area (Å²) in [6.07, 6.45) is 15.1. The molecule has 14 nitrogen and oxygen atoms in total. The largest absolute Gasteiger partial charge is 0.461 e. The maximum Gasteiger partial charge on any atom is 0.351 e. The van der Waals surface area contributed by atoms with Gasteiger partial charge in [0.2, 0.25) is 0 Å². The van der Waals surface area contributed by atoms with E-state index in [1.807, 2.05) is 60.7 Å². The van der Waals surface area contributed by atoms with E-state index in [2.05, 4.69) is 48.2 Å². The summed E-state index contributed by atoms with van der Waals surface area (Å²) in [6.45, 7) is 7.08. The number of ether oxygens (including phenoxy) is 2. The summed E-state index contributed by atoms with van der Waals surface area (Å²) in [5.41, 5.74) is 4.26. The molecule has 4 N–H and O–H groups in total. The SMILES string of the molecule is N#C/C(C(=O)OCC1CCCCC1)=C1/NC(c2ccccc2)=CN=C1N1CCNCC1.N#C/C(C(=O)OCC1CCCCC1)=C1/NC=C(c2ccccc2)N=C1N1CCNCC1. The van der Waals surface area contributed by atoms with E-state index in [4.69, 9.17) is 14.5 Å². The Labute approximate surface area is 365 Å². The Morgan fingerprint density at radius 1 is 0.645 bits per heavy atom. The molecule has 6 aliphatic rings. The number of carbonyl (C=O) groups excluding carboxylic acids is 2. The van der Waals surface area contributed by atoms with Crippen molar-refractivity contribution in [3.05, 3.63) is 107 Å². The molecule has 2 saturated heterocycles. The Hall–Kier alpha value is -6.22. The third-order valence-corrected chi connectivity index (χ3v) is 12.1. The highest BCUT2D eigenvalue weighted by Gasteiger charge is 2.31. The van der Waals surface area contributed by atoms with Crippen LogP contribution in [-0.4, -0.2) is 99.0 Å². The molecule has 4 heterocycles. The van der Waals surface area contributed by atoms with Gasteiger partial charge in [-0.1, -0.05) is 99.2 Å². The summed E-state index contributed by atoms with van der Waals surface area (Å²) in [4.78, 5) is 39.5. The summed E-state index contributed by atoms with van der Waals surface area (Å²) in [5.74, 6) is 0.875. The third kappa shape index (κ3) is 11.6. The Morgan fingerprint density at radius 3 is 1.65 bits per heavy atom. The summed E-state index contributed by atoms with van der Waals surface area (Å²) in [5, 5.41) is 32.9. The van der Waals surface area contributed by atoms with Crippen LogP contribution in [0.4, 0.5) is 0 Å². The van der Waals surface area contributed by atoms with Gasteiger partial charge in [0.15, 0.2) is 22.8 Å². The molecule has 4 aliphatic heterocycles. The number of piperazine rings is 2. The summed E-state index contributed by atoms with van der Waals surface area (Å²) in [7, 11) is 0. The first-order valence-electron chi connectivity index (χ1n) is 22.3. The van der Waals surface area contributed by atoms with E-state index in [1.54, 1.807) is 12.4 Å². The minimum absolute atomic E-state index is 0.0172. The van der Waals surface area contributed by atoms with Crippen molar-refractivity contribution < 1.29 is 19.1 Å². The van der Waals surface area contributed by atoms with Gasteiger partial charge < -0.3 is 40.5 Å². The minimum atomic E-state index is -0.576. The van der Waals surface area contributed by atoms with Gasteiger partial charge >= 0.3 is 11.9 Å². The molecule has 0 spiro atoms. The average Bonchev–Trinajstić information content (AvgIpc) is 3.35. The summed E-state index contributed by atoms with van der Waals surface area (Å²) in [6, 6.07) is 23.8. The van der Waals surface area contributed by atoms with Gasteiger partial charge in [-0.15, -0.1) is 0 Å². The zero-order valence-corrected chi connectivity index (χ0v) is 35.5. The zero-order chi connectivity index (χ0) is 42.9. The molecule has 62 heavy (non-hydrogen) atoms. The molecule has 2 saturated carbocycles. The topological polar surface area (TPSA) is 179 Å². The van der Waals surface area contributed by atoms with Crippen LogP contribution in [0, 0.1) is 34.5 Å². The van der Waals surface area contributed by atoms with Crippen LogP contribution in [0.1, 0.15) is 75.3 Å². The first-order valence-corrected chi connectivity index (χ1v) is 22.3. The molecule has 8 rings (SSSR count). The average molecular weight is 839 g/mol. The van der Waals surface area contributed by atoms with Crippen LogP contribution in [0.25, 0.3) is 11.4 Å². The molecular weight excluding hydrogens is 781 g/mol. The molecule has 0 bridgehead atoms. The lowest BCUT2D eigenvalue weighted by Crippen LogP contribution is -2.49. The molecule has 2 aromatic carbocycles. The number of hydrogen-bond acceptors (Lipinski definition) is 14.